The first-order valence-electron chi connectivity index (χ1n) is 29.6. The van der Waals surface area contributed by atoms with Gasteiger partial charge in [-0.25, -0.2) is 4.40 Å². The number of nitriles is 1. The van der Waals surface area contributed by atoms with Gasteiger partial charge in [0.2, 0.25) is 0 Å². The number of allylic oxidation sites excluding steroid dienone is 5. The number of benzene rings is 11. The van der Waals surface area contributed by atoms with Crippen LogP contribution in [-0.2, 0) is 10.8 Å². The van der Waals surface area contributed by atoms with E-state index in [1.54, 1.807) is 0 Å². The molecule has 0 unspecified atom stereocenters. The summed E-state index contributed by atoms with van der Waals surface area (Å²) in [6.07, 6.45) is 4.15. The number of aromatic nitrogens is 1. The van der Waals surface area contributed by atoms with Crippen molar-refractivity contribution in [3.05, 3.63) is 312 Å². The molecule has 0 atom stereocenters. The lowest BCUT2D eigenvalue weighted by Gasteiger charge is -2.31. The van der Waals surface area contributed by atoms with Gasteiger partial charge in [-0.3, -0.25) is 5.41 Å². The molecule has 0 saturated heterocycles. The molecule has 0 fully saturated rings. The number of fused-ring (bicyclic) bond motifs is 5. The molecular weight excluding hydrogens is 1070 g/mol. The summed E-state index contributed by atoms with van der Waals surface area (Å²) in [5, 5.41) is 25.3. The number of hydrogen-bond acceptors (Lipinski definition) is 5. The van der Waals surface area contributed by atoms with Crippen LogP contribution in [-0.4, -0.2) is 16.0 Å². The molecular formula is C81H65N5S. The Morgan fingerprint density at radius 1 is 0.460 bits per heavy atom. The molecule has 0 amide bonds. The van der Waals surface area contributed by atoms with E-state index in [0.717, 1.165) is 122 Å². The fraction of sp³-hybridized carbons (Fsp3) is 0.0988. The lowest BCUT2D eigenvalue weighted by atomic mass is 9.86. The molecule has 1 N–H and O–H groups in total. The van der Waals surface area contributed by atoms with Crippen molar-refractivity contribution >= 4 is 84.9 Å². The van der Waals surface area contributed by atoms with E-state index in [1.807, 2.05) is 36.4 Å². The molecule has 0 aliphatic heterocycles. The van der Waals surface area contributed by atoms with Crippen LogP contribution in [0.3, 0.4) is 0 Å². The standard InChI is InChI=1S/C81H65N5S/c1-80(2,3)64-38-28-53(29-39-64)55-32-42-67(43-33-55)85(68-44-34-56(35-45-68)54-30-40-65(41-31-54)81(4,5)6)74-49-48-69(77(83)78(74)84-87)63-37-46-70-71-47-36-58-26-27-62(50-72(58)79(71)86(75(70)51-63)66-20-14-9-15-21-66)57-22-24-59(25-23-57)73(52-82)76(60-16-10-7-11-17-60)61-18-12-8-13-19-61/h7-51,83,87H,1-6H3/b83-77?,84-78-. The van der Waals surface area contributed by atoms with E-state index >= 15 is 0 Å². The lowest BCUT2D eigenvalue weighted by molar-refractivity contribution is 0.590. The number of para-hydroxylation sites is 1. The third kappa shape index (κ3) is 10.7. The Labute approximate surface area is 516 Å². The van der Waals surface area contributed by atoms with Gasteiger partial charge in [0.05, 0.1) is 28.0 Å². The van der Waals surface area contributed by atoms with E-state index in [4.69, 9.17) is 0 Å². The van der Waals surface area contributed by atoms with Crippen LogP contribution in [0.15, 0.2) is 283 Å². The third-order valence-corrected chi connectivity index (χ3v) is 17.2. The first-order chi connectivity index (χ1) is 42.2. The molecule has 87 heavy (non-hydrogen) atoms. The SMILES string of the molecule is CC(C)(C)c1ccc(-c2ccc(N(C3=CC=C(c4ccc5c6ccc7ccc(-c8ccc(C(C#N)=C(c9ccccc9)c9ccccc9)cc8)cc7c6n(-c6ccccc6)c5c4)C(=N)/C3=N\S)c3ccc(-c4ccc(C(C)(C)C)cc4)cc3)cc2)cc1. The summed E-state index contributed by atoms with van der Waals surface area (Å²) < 4.78 is 7.01. The zero-order valence-corrected chi connectivity index (χ0v) is 50.6. The van der Waals surface area contributed by atoms with Crippen molar-refractivity contribution in [1.82, 2.24) is 4.57 Å². The summed E-state index contributed by atoms with van der Waals surface area (Å²) in [5.41, 5.74) is 21.9. The molecule has 6 heteroatoms. The van der Waals surface area contributed by atoms with Crippen LogP contribution in [0.5, 0.6) is 0 Å². The molecule has 1 aliphatic rings. The molecule has 0 spiro atoms. The van der Waals surface area contributed by atoms with Crippen molar-refractivity contribution in [3.8, 4) is 45.1 Å². The minimum Gasteiger partial charge on any atom is -0.309 e. The monoisotopic (exact) mass is 1140 g/mol. The second-order valence-corrected chi connectivity index (χ2v) is 24.7. The summed E-state index contributed by atoms with van der Waals surface area (Å²) in [6, 6.07) is 94.6. The van der Waals surface area contributed by atoms with E-state index in [9.17, 15) is 10.7 Å². The molecule has 1 aliphatic carbocycles. The summed E-state index contributed by atoms with van der Waals surface area (Å²) in [7, 11) is 0. The predicted octanol–water partition coefficient (Wildman–Crippen LogP) is 21.4. The number of thiol groups is 1. The largest absolute Gasteiger partial charge is 0.309 e. The molecule has 0 bridgehead atoms. The lowest BCUT2D eigenvalue weighted by Crippen LogP contribution is -2.30. The highest BCUT2D eigenvalue weighted by molar-refractivity contribution is 7.79. The van der Waals surface area contributed by atoms with Gasteiger partial charge < -0.3 is 9.47 Å². The van der Waals surface area contributed by atoms with Crippen LogP contribution < -0.4 is 4.90 Å². The maximum atomic E-state index is 10.8. The van der Waals surface area contributed by atoms with Crippen molar-refractivity contribution in [2.24, 2.45) is 4.40 Å². The van der Waals surface area contributed by atoms with Gasteiger partial charge in [0, 0.05) is 44.4 Å². The van der Waals surface area contributed by atoms with Gasteiger partial charge in [-0.15, -0.1) is 0 Å². The van der Waals surface area contributed by atoms with Crippen molar-refractivity contribution in [1.29, 1.82) is 10.7 Å². The molecule has 0 saturated carbocycles. The maximum Gasteiger partial charge on any atom is 0.121 e. The Hall–Kier alpha value is -10.3. The number of hydrogen-bond donors (Lipinski definition) is 2. The summed E-state index contributed by atoms with van der Waals surface area (Å²) in [5.74, 6) is 0. The molecule has 13 rings (SSSR count). The highest BCUT2D eigenvalue weighted by Crippen LogP contribution is 2.43. The zero-order valence-electron chi connectivity index (χ0n) is 49.7. The molecule has 1 aromatic heterocycles. The summed E-state index contributed by atoms with van der Waals surface area (Å²) >= 11 is 4.65. The maximum absolute atomic E-state index is 10.8. The number of nitrogens with zero attached hydrogens (tertiary/aromatic N) is 4. The third-order valence-electron chi connectivity index (χ3n) is 17.0. The first-order valence-corrected chi connectivity index (χ1v) is 30.0. The first kappa shape index (κ1) is 55.8. The Morgan fingerprint density at radius 3 is 1.41 bits per heavy atom. The molecule has 11 aromatic carbocycles. The van der Waals surface area contributed by atoms with Crippen molar-refractivity contribution in [2.45, 2.75) is 52.4 Å². The van der Waals surface area contributed by atoms with Gasteiger partial charge in [-0.1, -0.05) is 254 Å². The van der Waals surface area contributed by atoms with Crippen LogP contribution >= 0.6 is 12.8 Å². The highest BCUT2D eigenvalue weighted by Gasteiger charge is 2.29. The summed E-state index contributed by atoms with van der Waals surface area (Å²) in [4.78, 5) is 2.19. The van der Waals surface area contributed by atoms with Gasteiger partial charge in [0.25, 0.3) is 0 Å². The van der Waals surface area contributed by atoms with E-state index in [-0.39, 0.29) is 16.5 Å². The van der Waals surface area contributed by atoms with Gasteiger partial charge in [-0.05, 0) is 156 Å². The molecule has 5 nitrogen and oxygen atoms in total. The zero-order chi connectivity index (χ0) is 60.0. The topological polar surface area (TPSA) is 68.2 Å². The number of anilines is 2. The molecule has 0 radical (unpaired) electrons. The van der Waals surface area contributed by atoms with Gasteiger partial charge >= 0.3 is 0 Å². The number of nitrogens with one attached hydrogen (secondary N) is 1. The molecule has 12 aromatic rings. The van der Waals surface area contributed by atoms with E-state index in [0.29, 0.717) is 11.3 Å². The fourth-order valence-electron chi connectivity index (χ4n) is 12.2. The van der Waals surface area contributed by atoms with Crippen molar-refractivity contribution < 1.29 is 0 Å². The Kier molecular flexibility index (Phi) is 14.7. The highest BCUT2D eigenvalue weighted by atomic mass is 32.1. The Morgan fingerprint density at radius 2 is 0.908 bits per heavy atom. The average molecular weight is 1140 g/mol. The van der Waals surface area contributed by atoms with Gasteiger partial charge in [-0.2, -0.15) is 5.26 Å². The van der Waals surface area contributed by atoms with Crippen LogP contribution in [0.2, 0.25) is 0 Å². The van der Waals surface area contributed by atoms with Gasteiger partial charge in [0.15, 0.2) is 0 Å². The normalized spacial score (nSPS) is 13.2. The predicted molar refractivity (Wildman–Crippen MR) is 372 cm³/mol. The summed E-state index contributed by atoms with van der Waals surface area (Å²) in [6.45, 7) is 13.4. The quantitative estimate of drug-likeness (QED) is 0.0586. The smallest absolute Gasteiger partial charge is 0.121 e. The van der Waals surface area contributed by atoms with Crippen LogP contribution in [0.4, 0.5) is 11.4 Å². The second-order valence-electron chi connectivity index (χ2n) is 24.5. The van der Waals surface area contributed by atoms with Gasteiger partial charge in [0.1, 0.15) is 11.8 Å². The second kappa shape index (κ2) is 22.9. The van der Waals surface area contributed by atoms with Crippen molar-refractivity contribution in [2.75, 3.05) is 4.90 Å². The van der Waals surface area contributed by atoms with E-state index in [1.165, 1.54) is 11.1 Å². The Balaban J connectivity index is 0.899. The molecule has 420 valence electrons. The van der Waals surface area contributed by atoms with Crippen LogP contribution in [0.1, 0.15) is 74.9 Å². The van der Waals surface area contributed by atoms with Crippen molar-refractivity contribution in [3.63, 3.8) is 0 Å². The van der Waals surface area contributed by atoms with Crippen LogP contribution in [0.25, 0.3) is 88.4 Å². The van der Waals surface area contributed by atoms with Crippen LogP contribution in [0, 0.1) is 16.7 Å². The minimum absolute atomic E-state index is 0.0609. The van der Waals surface area contributed by atoms with E-state index < -0.39 is 0 Å². The molecule has 1 heterocycles. The van der Waals surface area contributed by atoms with E-state index in [2.05, 4.69) is 311 Å². The number of rotatable bonds is 11. The Bertz CT molecular complexity index is 4620. The minimum atomic E-state index is 0.0609. The average Bonchev–Trinajstić information content (AvgIpc) is 1.62. The fourth-order valence-corrected chi connectivity index (χ4v) is 12.4.